The number of aromatic nitrogens is 3. The first-order valence-corrected chi connectivity index (χ1v) is 15.4. The Balaban J connectivity index is 1.20. The monoisotopic (exact) mass is 654 g/mol. The van der Waals surface area contributed by atoms with Crippen LogP contribution in [0.3, 0.4) is 0 Å². The first-order chi connectivity index (χ1) is 21.5. The fourth-order valence-electron chi connectivity index (χ4n) is 4.58. The number of nitrogens with one attached hydrogen (secondary N) is 1. The Labute approximate surface area is 267 Å². The molecular formula is C31H29F3N6O3S2. The third-order valence-corrected chi connectivity index (χ3v) is 7.85. The SMILES string of the molecule is CCCc1ccc(C)cc1N1C(=O)CSC1=NC(=S)NOC(C)c1ccc(-c2ncn(-c3ccc(OC(F)(F)F)cc3)n2)cc1. The van der Waals surface area contributed by atoms with Gasteiger partial charge in [-0.25, -0.2) is 15.1 Å². The zero-order valence-corrected chi connectivity index (χ0v) is 26.2. The third kappa shape index (κ3) is 8.07. The van der Waals surface area contributed by atoms with Crippen LogP contribution in [0.1, 0.15) is 43.1 Å². The summed E-state index contributed by atoms with van der Waals surface area (Å²) in [6.45, 7) is 5.94. The lowest BCUT2D eigenvalue weighted by Crippen LogP contribution is -2.32. The molecule has 0 radical (unpaired) electrons. The highest BCUT2D eigenvalue weighted by Gasteiger charge is 2.32. The summed E-state index contributed by atoms with van der Waals surface area (Å²) in [5.74, 6) is 0.344. The molecule has 1 aliphatic rings. The normalized spacial score (nSPS) is 15.0. The summed E-state index contributed by atoms with van der Waals surface area (Å²) >= 11 is 6.75. The summed E-state index contributed by atoms with van der Waals surface area (Å²) in [5.41, 5.74) is 7.79. The molecule has 1 atom stereocenters. The predicted molar refractivity (Wildman–Crippen MR) is 171 cm³/mol. The van der Waals surface area contributed by atoms with Crippen molar-refractivity contribution in [2.45, 2.75) is 46.1 Å². The number of alkyl halides is 3. The van der Waals surface area contributed by atoms with Crippen LogP contribution in [-0.2, 0) is 16.1 Å². The number of aryl methyl sites for hydroxylation is 2. The number of anilines is 1. The summed E-state index contributed by atoms with van der Waals surface area (Å²) in [5, 5.41) is 5.02. The molecule has 1 aliphatic heterocycles. The van der Waals surface area contributed by atoms with Crippen molar-refractivity contribution in [1.82, 2.24) is 20.2 Å². The fourth-order valence-corrected chi connectivity index (χ4v) is 5.64. The number of thiocarbonyl (C=S) groups is 1. The first kappa shape index (κ1) is 32.1. The molecule has 1 unspecified atom stereocenters. The van der Waals surface area contributed by atoms with Crippen molar-refractivity contribution in [1.29, 1.82) is 0 Å². The van der Waals surface area contributed by atoms with Gasteiger partial charge in [0.05, 0.1) is 17.1 Å². The van der Waals surface area contributed by atoms with Crippen LogP contribution in [0.4, 0.5) is 18.9 Å². The molecule has 1 saturated heterocycles. The van der Waals surface area contributed by atoms with Crippen LogP contribution in [0, 0.1) is 6.92 Å². The Hall–Kier alpha value is -4.27. The fraction of sp³-hybridized carbons (Fsp3) is 0.258. The Morgan fingerprint density at radius 1 is 1.13 bits per heavy atom. The minimum atomic E-state index is -4.76. The molecule has 234 valence electrons. The quantitative estimate of drug-likeness (QED) is 0.151. The largest absolute Gasteiger partial charge is 0.573 e. The molecule has 1 N–H and O–H groups in total. The van der Waals surface area contributed by atoms with Gasteiger partial charge in [-0.15, -0.1) is 18.3 Å². The molecule has 9 nitrogen and oxygen atoms in total. The Morgan fingerprint density at radius 2 is 1.87 bits per heavy atom. The molecule has 0 saturated carbocycles. The van der Waals surface area contributed by atoms with E-state index in [1.807, 2.05) is 50.2 Å². The zero-order chi connectivity index (χ0) is 32.1. The third-order valence-electron chi connectivity index (χ3n) is 6.75. The number of amidine groups is 1. The summed E-state index contributed by atoms with van der Waals surface area (Å²) in [6.07, 6.45) is -1.89. The number of halogens is 3. The number of thioether (sulfide) groups is 1. The summed E-state index contributed by atoms with van der Waals surface area (Å²) in [4.78, 5) is 29.0. The minimum Gasteiger partial charge on any atom is -0.406 e. The minimum absolute atomic E-state index is 0.0494. The number of benzene rings is 3. The van der Waals surface area contributed by atoms with E-state index in [9.17, 15) is 18.0 Å². The van der Waals surface area contributed by atoms with Crippen LogP contribution in [0.5, 0.6) is 5.75 Å². The molecule has 3 aromatic carbocycles. The van der Waals surface area contributed by atoms with Gasteiger partial charge in [0.2, 0.25) is 11.0 Å². The maximum Gasteiger partial charge on any atom is 0.573 e. The number of carbonyl (C=O) groups excluding carboxylic acids is 1. The molecule has 0 spiro atoms. The summed E-state index contributed by atoms with van der Waals surface area (Å²) in [6, 6.07) is 18.8. The standard InChI is InChI=1S/C31H29F3N6O3S2/c1-4-5-22-7-6-19(2)16-26(22)40-27(41)17-45-30(40)36-29(44)38-43-20(3)21-8-10-23(11-9-21)28-35-18-39(37-28)24-12-14-25(15-13-24)42-31(32,33)34/h6-16,18,20H,4-5,17H2,1-3H3,(H,38,44). The smallest absolute Gasteiger partial charge is 0.406 e. The Kier molecular flexibility index (Phi) is 9.85. The molecule has 1 amide bonds. The van der Waals surface area contributed by atoms with Gasteiger partial charge in [0, 0.05) is 5.56 Å². The van der Waals surface area contributed by atoms with E-state index in [1.54, 1.807) is 4.90 Å². The van der Waals surface area contributed by atoms with E-state index in [1.165, 1.54) is 47.0 Å². The number of hydrogen-bond donors (Lipinski definition) is 1. The van der Waals surface area contributed by atoms with Crippen molar-refractivity contribution < 1.29 is 27.5 Å². The van der Waals surface area contributed by atoms with Gasteiger partial charge in [-0.2, -0.15) is 4.99 Å². The van der Waals surface area contributed by atoms with Gasteiger partial charge >= 0.3 is 6.36 Å². The number of hydrogen-bond acceptors (Lipinski definition) is 7. The maximum absolute atomic E-state index is 12.8. The van der Waals surface area contributed by atoms with Crippen LogP contribution in [0.25, 0.3) is 17.1 Å². The summed E-state index contributed by atoms with van der Waals surface area (Å²) < 4.78 is 42.6. The van der Waals surface area contributed by atoms with Crippen molar-refractivity contribution in [2.75, 3.05) is 10.7 Å². The van der Waals surface area contributed by atoms with Gasteiger partial charge in [-0.3, -0.25) is 14.5 Å². The highest BCUT2D eigenvalue weighted by Crippen LogP contribution is 2.31. The van der Waals surface area contributed by atoms with Gasteiger partial charge in [0.1, 0.15) is 18.2 Å². The van der Waals surface area contributed by atoms with Crippen molar-refractivity contribution in [3.05, 3.63) is 89.7 Å². The second-order valence-corrected chi connectivity index (χ2v) is 11.5. The van der Waals surface area contributed by atoms with Crippen LogP contribution in [0.2, 0.25) is 0 Å². The average Bonchev–Trinajstić information content (AvgIpc) is 3.64. The van der Waals surface area contributed by atoms with Gasteiger partial charge in [-0.1, -0.05) is 61.5 Å². The number of carbonyl (C=O) groups is 1. The van der Waals surface area contributed by atoms with Crippen molar-refractivity contribution in [3.63, 3.8) is 0 Å². The van der Waals surface area contributed by atoms with E-state index in [0.29, 0.717) is 16.7 Å². The Bertz CT molecular complexity index is 1710. The van der Waals surface area contributed by atoms with Gasteiger partial charge in [0.25, 0.3) is 0 Å². The van der Waals surface area contributed by atoms with Crippen LogP contribution < -0.4 is 15.1 Å². The van der Waals surface area contributed by atoms with Crippen LogP contribution in [0.15, 0.2) is 78.0 Å². The molecule has 0 aliphatic carbocycles. The van der Waals surface area contributed by atoms with E-state index >= 15 is 0 Å². The number of aliphatic imine (C=N–C) groups is 1. The number of rotatable bonds is 9. The lowest BCUT2D eigenvalue weighted by Gasteiger charge is -2.21. The average molecular weight is 655 g/mol. The highest BCUT2D eigenvalue weighted by molar-refractivity contribution is 8.15. The van der Waals surface area contributed by atoms with E-state index in [2.05, 4.69) is 38.3 Å². The Morgan fingerprint density at radius 3 is 2.56 bits per heavy atom. The lowest BCUT2D eigenvalue weighted by molar-refractivity contribution is -0.274. The molecule has 1 aromatic heterocycles. The zero-order valence-electron chi connectivity index (χ0n) is 24.5. The predicted octanol–water partition coefficient (Wildman–Crippen LogP) is 7.10. The van der Waals surface area contributed by atoms with Crippen LogP contribution >= 0.6 is 24.0 Å². The van der Waals surface area contributed by atoms with E-state index in [0.717, 1.165) is 40.8 Å². The van der Waals surface area contributed by atoms with Gasteiger partial charge < -0.3 is 4.74 Å². The second kappa shape index (κ2) is 13.8. The van der Waals surface area contributed by atoms with Crippen molar-refractivity contribution in [2.24, 2.45) is 4.99 Å². The van der Waals surface area contributed by atoms with Gasteiger partial charge in [0.15, 0.2) is 11.0 Å². The molecule has 14 heteroatoms. The number of nitrogens with zero attached hydrogens (tertiary/aromatic N) is 5. The van der Waals surface area contributed by atoms with E-state index < -0.39 is 12.5 Å². The number of ether oxygens (including phenoxy) is 1. The topological polar surface area (TPSA) is 93.9 Å². The number of amides is 1. The lowest BCUT2D eigenvalue weighted by atomic mass is 10.0. The van der Waals surface area contributed by atoms with E-state index in [-0.39, 0.29) is 22.5 Å². The molecule has 5 rings (SSSR count). The molecule has 0 bridgehead atoms. The van der Waals surface area contributed by atoms with Crippen molar-refractivity contribution >= 4 is 45.9 Å². The molecule has 45 heavy (non-hydrogen) atoms. The molecule has 4 aromatic rings. The summed E-state index contributed by atoms with van der Waals surface area (Å²) in [7, 11) is 0. The molecular weight excluding hydrogens is 626 g/mol. The second-order valence-electron chi connectivity index (χ2n) is 10.1. The number of hydroxylamine groups is 1. The van der Waals surface area contributed by atoms with Gasteiger partial charge in [-0.05, 0) is 79.5 Å². The van der Waals surface area contributed by atoms with Crippen LogP contribution in [-0.4, -0.2) is 43.1 Å². The van der Waals surface area contributed by atoms with Crippen molar-refractivity contribution in [3.8, 4) is 22.8 Å². The highest BCUT2D eigenvalue weighted by atomic mass is 32.2. The molecule has 1 fully saturated rings. The first-order valence-electron chi connectivity index (χ1n) is 14.0. The maximum atomic E-state index is 12.8. The molecule has 2 heterocycles. The van der Waals surface area contributed by atoms with E-state index in [4.69, 9.17) is 17.1 Å².